The number of fused-ring (bicyclic) bond motifs is 2. The predicted molar refractivity (Wildman–Crippen MR) is 122 cm³/mol. The first-order chi connectivity index (χ1) is 14.6. The number of hydrogen-bond donors (Lipinski definition) is 1. The summed E-state index contributed by atoms with van der Waals surface area (Å²) in [6.45, 7) is 0. The summed E-state index contributed by atoms with van der Waals surface area (Å²) in [6.07, 6.45) is 2.56. The van der Waals surface area contributed by atoms with Crippen LogP contribution in [-0.2, 0) is 9.54 Å². The number of Topliss-reactive ketones (excluding diaryl/α,β-unsaturated/α-hetero) is 1. The molecule has 1 amide bonds. The average molecular weight is 432 g/mol. The van der Waals surface area contributed by atoms with E-state index in [9.17, 15) is 9.59 Å². The molecule has 30 heavy (non-hydrogen) atoms. The van der Waals surface area contributed by atoms with E-state index in [0.29, 0.717) is 21.9 Å². The molecule has 2 heterocycles. The summed E-state index contributed by atoms with van der Waals surface area (Å²) in [4.78, 5) is 27.3. The number of carbonyl (C=O) groups excluding carboxylic acids is 2. The fourth-order valence-electron chi connectivity index (χ4n) is 4.31. The van der Waals surface area contributed by atoms with E-state index in [1.54, 1.807) is 0 Å². The van der Waals surface area contributed by atoms with E-state index in [2.05, 4.69) is 5.32 Å². The molecule has 3 aromatic carbocycles. The van der Waals surface area contributed by atoms with Crippen molar-refractivity contribution in [3.63, 3.8) is 0 Å². The first-order valence-corrected chi connectivity index (χ1v) is 10.9. The molecular weight excluding hydrogens is 414 g/mol. The Bertz CT molecular complexity index is 1170. The van der Waals surface area contributed by atoms with Crippen molar-refractivity contribution in [1.29, 1.82) is 0 Å². The number of carbonyl (C=O) groups is 2. The van der Waals surface area contributed by atoms with Gasteiger partial charge in [0, 0.05) is 27.8 Å². The van der Waals surface area contributed by atoms with Gasteiger partial charge in [-0.3, -0.25) is 9.59 Å². The lowest BCUT2D eigenvalue weighted by Gasteiger charge is -2.39. The van der Waals surface area contributed by atoms with Gasteiger partial charge in [0.1, 0.15) is 4.75 Å². The average Bonchev–Trinajstić information content (AvgIpc) is 3.06. The van der Waals surface area contributed by atoms with Crippen LogP contribution in [0, 0.1) is 0 Å². The molecule has 148 valence electrons. The number of halogens is 1. The van der Waals surface area contributed by atoms with Crippen LogP contribution in [0.25, 0.3) is 0 Å². The minimum atomic E-state index is -0.904. The topological polar surface area (TPSA) is 46.2 Å². The van der Waals surface area contributed by atoms with Crippen LogP contribution in [0.4, 0.5) is 5.69 Å². The normalized spacial score (nSPS) is 22.4. The maximum atomic E-state index is 13.5. The largest absolute Gasteiger partial charge is 0.324 e. The maximum Gasteiger partial charge on any atom is 0.246 e. The van der Waals surface area contributed by atoms with Gasteiger partial charge in [-0.1, -0.05) is 90.1 Å². The van der Waals surface area contributed by atoms with Crippen LogP contribution in [0.2, 0.25) is 5.02 Å². The molecule has 0 fully saturated rings. The second-order valence-electron chi connectivity index (χ2n) is 7.44. The molecule has 3 nitrogen and oxygen atoms in total. The van der Waals surface area contributed by atoms with Gasteiger partial charge in [0.25, 0.3) is 0 Å². The molecule has 2 aliphatic rings. The SMILES string of the molecule is O=C(C1=CC[C@@H](c2ccc(Cl)cc2)[C@@]2(S1)C(=O)Nc1ccccc12)c1ccccc1. The summed E-state index contributed by atoms with van der Waals surface area (Å²) < 4.78 is -0.904. The van der Waals surface area contributed by atoms with Gasteiger partial charge in [-0.05, 0) is 30.2 Å². The molecule has 0 bridgehead atoms. The maximum absolute atomic E-state index is 13.5. The summed E-state index contributed by atoms with van der Waals surface area (Å²) in [7, 11) is 0. The molecule has 0 saturated carbocycles. The molecule has 2 aliphatic heterocycles. The molecule has 0 aromatic heterocycles. The third-order valence-corrected chi connectivity index (χ3v) is 7.58. The van der Waals surface area contributed by atoms with Gasteiger partial charge in [0.15, 0.2) is 5.78 Å². The highest BCUT2D eigenvalue weighted by Gasteiger charge is 2.55. The van der Waals surface area contributed by atoms with Crippen LogP contribution in [-0.4, -0.2) is 11.7 Å². The van der Waals surface area contributed by atoms with Gasteiger partial charge in [-0.2, -0.15) is 0 Å². The van der Waals surface area contributed by atoms with E-state index in [4.69, 9.17) is 11.6 Å². The van der Waals surface area contributed by atoms with Crippen LogP contribution in [0.3, 0.4) is 0 Å². The zero-order valence-corrected chi connectivity index (χ0v) is 17.5. The van der Waals surface area contributed by atoms with Crippen molar-refractivity contribution in [3.8, 4) is 0 Å². The molecule has 1 spiro atoms. The van der Waals surface area contributed by atoms with Gasteiger partial charge in [0.05, 0.1) is 4.91 Å². The van der Waals surface area contributed by atoms with Crippen molar-refractivity contribution in [3.05, 3.63) is 112 Å². The van der Waals surface area contributed by atoms with Crippen molar-refractivity contribution in [2.24, 2.45) is 0 Å². The highest BCUT2D eigenvalue weighted by Crippen LogP contribution is 2.60. The fraction of sp³-hybridized carbons (Fsp3) is 0.120. The van der Waals surface area contributed by atoms with E-state index in [0.717, 1.165) is 16.8 Å². The first kappa shape index (κ1) is 19.2. The summed E-state index contributed by atoms with van der Waals surface area (Å²) in [5.74, 6) is -0.248. The molecule has 3 aromatic rings. The van der Waals surface area contributed by atoms with Crippen molar-refractivity contribution in [1.82, 2.24) is 0 Å². The van der Waals surface area contributed by atoms with Crippen LogP contribution in [0.1, 0.15) is 33.8 Å². The molecule has 1 N–H and O–H groups in total. The van der Waals surface area contributed by atoms with Gasteiger partial charge in [-0.25, -0.2) is 0 Å². The van der Waals surface area contributed by atoms with E-state index < -0.39 is 4.75 Å². The standard InChI is InChI=1S/C25H18ClNO2S/c26-18-12-10-16(11-13-18)19-14-15-22(23(28)17-6-2-1-3-7-17)30-25(19)20-8-4-5-9-21(20)27-24(25)29/h1-13,15,19H,14H2,(H,27,29)/t19-,25-/m0/s1. The Morgan fingerprint density at radius 1 is 0.967 bits per heavy atom. The van der Waals surface area contributed by atoms with Crippen molar-refractivity contribution in [2.75, 3.05) is 5.32 Å². The Hall–Kier alpha value is -2.82. The van der Waals surface area contributed by atoms with Crippen molar-refractivity contribution in [2.45, 2.75) is 17.1 Å². The minimum Gasteiger partial charge on any atom is -0.324 e. The number of benzene rings is 3. The highest BCUT2D eigenvalue weighted by molar-refractivity contribution is 8.05. The molecular formula is C25H18ClNO2S. The number of ketones is 1. The lowest BCUT2D eigenvalue weighted by atomic mass is 9.78. The van der Waals surface area contributed by atoms with Crippen LogP contribution >= 0.6 is 23.4 Å². The van der Waals surface area contributed by atoms with Gasteiger partial charge >= 0.3 is 0 Å². The molecule has 5 rings (SSSR count). The van der Waals surface area contributed by atoms with E-state index >= 15 is 0 Å². The fourth-order valence-corrected chi connectivity index (χ4v) is 5.98. The van der Waals surface area contributed by atoms with Crippen molar-refractivity contribution < 1.29 is 9.59 Å². The van der Waals surface area contributed by atoms with Gasteiger partial charge in [0.2, 0.25) is 5.91 Å². The summed E-state index contributed by atoms with van der Waals surface area (Å²) in [6, 6.07) is 24.6. The number of para-hydroxylation sites is 1. The molecule has 0 radical (unpaired) electrons. The number of amides is 1. The Labute approximate surface area is 184 Å². The van der Waals surface area contributed by atoms with Gasteiger partial charge in [-0.15, -0.1) is 0 Å². The number of nitrogens with one attached hydrogen (secondary N) is 1. The zero-order valence-electron chi connectivity index (χ0n) is 16.0. The third kappa shape index (κ3) is 2.99. The number of rotatable bonds is 3. The second kappa shape index (κ2) is 7.46. The first-order valence-electron chi connectivity index (χ1n) is 9.75. The molecule has 0 unspecified atom stereocenters. The Morgan fingerprint density at radius 2 is 1.67 bits per heavy atom. The quantitative estimate of drug-likeness (QED) is 0.504. The van der Waals surface area contributed by atoms with Crippen LogP contribution < -0.4 is 5.32 Å². The monoisotopic (exact) mass is 431 g/mol. The molecule has 0 saturated heterocycles. The summed E-state index contributed by atoms with van der Waals surface area (Å²) >= 11 is 7.47. The number of allylic oxidation sites excluding steroid dienone is 2. The van der Waals surface area contributed by atoms with Gasteiger partial charge < -0.3 is 5.32 Å². The second-order valence-corrected chi connectivity index (χ2v) is 9.17. The summed E-state index contributed by atoms with van der Waals surface area (Å²) in [5.41, 5.74) is 3.39. The minimum absolute atomic E-state index is 0.0493. The predicted octanol–water partition coefficient (Wildman–Crippen LogP) is 6.17. The Kier molecular flexibility index (Phi) is 4.76. The zero-order chi connectivity index (χ0) is 20.7. The van der Waals surface area contributed by atoms with E-state index in [1.165, 1.54) is 11.8 Å². The van der Waals surface area contributed by atoms with E-state index in [-0.39, 0.29) is 17.6 Å². The van der Waals surface area contributed by atoms with E-state index in [1.807, 2.05) is 84.9 Å². The Balaban J connectivity index is 1.65. The lowest BCUT2D eigenvalue weighted by molar-refractivity contribution is -0.118. The smallest absolute Gasteiger partial charge is 0.246 e. The molecule has 5 heteroatoms. The number of anilines is 1. The van der Waals surface area contributed by atoms with Crippen LogP contribution in [0.15, 0.2) is 89.8 Å². The van der Waals surface area contributed by atoms with Crippen LogP contribution in [0.5, 0.6) is 0 Å². The molecule has 0 aliphatic carbocycles. The Morgan fingerprint density at radius 3 is 2.43 bits per heavy atom. The highest BCUT2D eigenvalue weighted by atomic mass is 35.5. The third-order valence-electron chi connectivity index (χ3n) is 5.75. The lowest BCUT2D eigenvalue weighted by Crippen LogP contribution is -2.39. The number of hydrogen-bond acceptors (Lipinski definition) is 3. The van der Waals surface area contributed by atoms with Crippen molar-refractivity contribution >= 4 is 40.7 Å². The number of thioether (sulfide) groups is 1. The molecule has 2 atom stereocenters. The summed E-state index contributed by atoms with van der Waals surface area (Å²) in [5, 5.41) is 3.70.